The maximum atomic E-state index is 13.6. The lowest BCUT2D eigenvalue weighted by Gasteiger charge is -2.16. The highest BCUT2D eigenvalue weighted by molar-refractivity contribution is 8.00. The molecule has 1 unspecified atom stereocenters. The monoisotopic (exact) mass is 645 g/mol. The second-order valence-electron chi connectivity index (χ2n) is 10.4. The molecule has 0 aliphatic carbocycles. The van der Waals surface area contributed by atoms with Crippen molar-refractivity contribution in [2.75, 3.05) is 10.6 Å². The molecule has 0 aliphatic heterocycles. The topological polar surface area (TPSA) is 87.3 Å². The summed E-state index contributed by atoms with van der Waals surface area (Å²) in [5.41, 5.74) is 4.59. The summed E-state index contributed by atoms with van der Waals surface area (Å²) in [6.45, 7) is 1.95. The van der Waals surface area contributed by atoms with Gasteiger partial charge < -0.3 is 16.0 Å². The van der Waals surface area contributed by atoms with E-state index >= 15 is 0 Å². The molecule has 46 heavy (non-hydrogen) atoms. The minimum absolute atomic E-state index is 0.0909. The van der Waals surface area contributed by atoms with Crippen molar-refractivity contribution in [3.63, 3.8) is 0 Å². The van der Waals surface area contributed by atoms with Crippen LogP contribution in [0.5, 0.6) is 0 Å². The highest BCUT2D eigenvalue weighted by atomic mass is 35.5. The molecule has 8 heteroatoms. The lowest BCUT2D eigenvalue weighted by atomic mass is 10.0. The van der Waals surface area contributed by atoms with Crippen LogP contribution < -0.4 is 16.0 Å². The first kappa shape index (κ1) is 32.3. The number of thioether (sulfide) groups is 1. The second kappa shape index (κ2) is 15.8. The van der Waals surface area contributed by atoms with Crippen LogP contribution in [0, 0.1) is 0 Å². The average molecular weight is 646 g/mol. The molecule has 0 fully saturated rings. The first-order valence-electron chi connectivity index (χ1n) is 14.8. The van der Waals surface area contributed by atoms with Crippen molar-refractivity contribution in [2.45, 2.75) is 23.5 Å². The van der Waals surface area contributed by atoms with E-state index in [-0.39, 0.29) is 16.9 Å². The molecule has 0 aliphatic rings. The lowest BCUT2D eigenvalue weighted by molar-refractivity contribution is -0.116. The van der Waals surface area contributed by atoms with Gasteiger partial charge in [-0.15, -0.1) is 11.8 Å². The second-order valence-corrected chi connectivity index (χ2v) is 12.1. The van der Waals surface area contributed by atoms with E-state index in [1.165, 1.54) is 11.8 Å². The number of rotatable bonds is 11. The van der Waals surface area contributed by atoms with Gasteiger partial charge in [0.25, 0.3) is 11.8 Å². The summed E-state index contributed by atoms with van der Waals surface area (Å²) >= 11 is 7.37. The Hall–Kier alpha value is -5.11. The predicted octanol–water partition coefficient (Wildman–Crippen LogP) is 8.93. The number of carbonyl (C=O) groups excluding carboxylic acids is 3. The number of anilines is 2. The normalized spacial score (nSPS) is 11.7. The van der Waals surface area contributed by atoms with Crippen LogP contribution in [0.2, 0.25) is 5.02 Å². The Bertz CT molecular complexity index is 1830. The fourth-order valence-corrected chi connectivity index (χ4v) is 5.74. The van der Waals surface area contributed by atoms with Crippen LogP contribution in [0.25, 0.3) is 17.2 Å². The first-order valence-corrected chi connectivity index (χ1v) is 16.0. The van der Waals surface area contributed by atoms with E-state index in [9.17, 15) is 14.4 Å². The Labute approximate surface area is 277 Å². The maximum Gasteiger partial charge on any atom is 0.272 e. The largest absolute Gasteiger partial charge is 0.325 e. The zero-order valence-corrected chi connectivity index (χ0v) is 26.6. The molecule has 1 atom stereocenters. The SMILES string of the molecule is CCC(Sc1cccc(NC(=O)/C(=C\c2ccc(-c3ccccc3)cc2)NC(=O)c2ccccc2)c1)C(=O)Nc1ccc(Cl)cc1. The molecule has 3 N–H and O–H groups in total. The van der Waals surface area contributed by atoms with Crippen molar-refractivity contribution in [1.82, 2.24) is 5.32 Å². The molecular formula is C38H32ClN3O3S. The summed E-state index contributed by atoms with van der Waals surface area (Å²) in [5.74, 6) is -1.01. The number of benzene rings is 5. The van der Waals surface area contributed by atoms with Gasteiger partial charge in [0.05, 0.1) is 5.25 Å². The highest BCUT2D eigenvalue weighted by Gasteiger charge is 2.19. The van der Waals surface area contributed by atoms with E-state index < -0.39 is 11.8 Å². The third kappa shape index (κ3) is 8.97. The molecule has 0 saturated heterocycles. The van der Waals surface area contributed by atoms with Gasteiger partial charge in [0.2, 0.25) is 5.91 Å². The molecule has 230 valence electrons. The number of amides is 3. The molecule has 5 aromatic carbocycles. The zero-order valence-electron chi connectivity index (χ0n) is 25.1. The van der Waals surface area contributed by atoms with Crippen LogP contribution in [0.4, 0.5) is 11.4 Å². The number of carbonyl (C=O) groups is 3. The van der Waals surface area contributed by atoms with E-state index in [1.807, 2.05) is 85.8 Å². The van der Waals surface area contributed by atoms with Crippen LogP contribution in [0.1, 0.15) is 29.3 Å². The molecule has 5 aromatic rings. The van der Waals surface area contributed by atoms with Gasteiger partial charge in [0.1, 0.15) is 5.70 Å². The van der Waals surface area contributed by atoms with Gasteiger partial charge in [0.15, 0.2) is 0 Å². The molecule has 0 heterocycles. The Morgan fingerprint density at radius 3 is 2.04 bits per heavy atom. The predicted molar refractivity (Wildman–Crippen MR) is 189 cm³/mol. The molecule has 0 saturated carbocycles. The molecule has 6 nitrogen and oxygen atoms in total. The van der Waals surface area contributed by atoms with E-state index in [1.54, 1.807) is 60.7 Å². The summed E-state index contributed by atoms with van der Waals surface area (Å²) < 4.78 is 0. The van der Waals surface area contributed by atoms with Crippen molar-refractivity contribution < 1.29 is 14.4 Å². The minimum Gasteiger partial charge on any atom is -0.325 e. The zero-order chi connectivity index (χ0) is 32.3. The molecule has 0 radical (unpaired) electrons. The summed E-state index contributed by atoms with van der Waals surface area (Å²) in [4.78, 5) is 40.5. The van der Waals surface area contributed by atoms with Gasteiger partial charge >= 0.3 is 0 Å². The van der Waals surface area contributed by atoms with Gasteiger partial charge in [-0.2, -0.15) is 0 Å². The van der Waals surface area contributed by atoms with Crippen LogP contribution in [-0.4, -0.2) is 23.0 Å². The van der Waals surface area contributed by atoms with Crippen molar-refractivity contribution in [1.29, 1.82) is 0 Å². The smallest absolute Gasteiger partial charge is 0.272 e. The average Bonchev–Trinajstić information content (AvgIpc) is 3.09. The van der Waals surface area contributed by atoms with Gasteiger partial charge in [-0.05, 0) is 83.8 Å². The summed E-state index contributed by atoms with van der Waals surface area (Å²) in [7, 11) is 0. The lowest BCUT2D eigenvalue weighted by Crippen LogP contribution is -2.30. The van der Waals surface area contributed by atoms with Crippen molar-refractivity contribution in [3.05, 3.63) is 155 Å². The van der Waals surface area contributed by atoms with E-state index in [0.717, 1.165) is 21.6 Å². The quantitative estimate of drug-likeness (QED) is 0.0989. The molecule has 0 bridgehead atoms. The summed E-state index contributed by atoms with van der Waals surface area (Å²) in [5, 5.41) is 8.87. The number of hydrogen-bond donors (Lipinski definition) is 3. The number of hydrogen-bond acceptors (Lipinski definition) is 4. The van der Waals surface area contributed by atoms with E-state index in [4.69, 9.17) is 11.6 Å². The Kier molecular flexibility index (Phi) is 11.1. The summed E-state index contributed by atoms with van der Waals surface area (Å²) in [6, 6.07) is 40.7. The van der Waals surface area contributed by atoms with Crippen LogP contribution in [0.15, 0.2) is 144 Å². The van der Waals surface area contributed by atoms with E-state index in [2.05, 4.69) is 16.0 Å². The Morgan fingerprint density at radius 1 is 0.717 bits per heavy atom. The van der Waals surface area contributed by atoms with Crippen LogP contribution in [0.3, 0.4) is 0 Å². The van der Waals surface area contributed by atoms with Crippen molar-refractivity contribution in [2.24, 2.45) is 0 Å². The molecule has 0 aromatic heterocycles. The Balaban J connectivity index is 1.33. The van der Waals surface area contributed by atoms with Crippen LogP contribution >= 0.6 is 23.4 Å². The van der Waals surface area contributed by atoms with Gasteiger partial charge in [0, 0.05) is 26.9 Å². The fraction of sp³-hybridized carbons (Fsp3) is 0.0789. The maximum absolute atomic E-state index is 13.6. The highest BCUT2D eigenvalue weighted by Crippen LogP contribution is 2.29. The molecule has 5 rings (SSSR count). The Morgan fingerprint density at radius 2 is 1.37 bits per heavy atom. The number of nitrogens with one attached hydrogen (secondary N) is 3. The first-order chi connectivity index (χ1) is 22.4. The van der Waals surface area contributed by atoms with Gasteiger partial charge in [-0.3, -0.25) is 14.4 Å². The van der Waals surface area contributed by atoms with E-state index in [0.29, 0.717) is 28.4 Å². The third-order valence-corrected chi connectivity index (χ3v) is 8.61. The van der Waals surface area contributed by atoms with Crippen molar-refractivity contribution >= 4 is 58.5 Å². The standard InChI is InChI=1S/C38H32ClN3O3S/c1-2-35(38(45)40-31-22-20-30(39)21-23-31)46-33-15-9-14-32(25-33)41-37(44)34(42-36(43)29-12-7-4-8-13-29)24-26-16-18-28(19-17-26)27-10-5-3-6-11-27/h3-25,35H,2H2,1H3,(H,40,45)(H,41,44)(H,42,43)/b34-24+. The summed E-state index contributed by atoms with van der Waals surface area (Å²) in [6.07, 6.45) is 2.25. The van der Waals surface area contributed by atoms with Gasteiger partial charge in [-0.1, -0.05) is 97.4 Å². The van der Waals surface area contributed by atoms with Crippen LogP contribution in [-0.2, 0) is 9.59 Å². The van der Waals surface area contributed by atoms with Crippen molar-refractivity contribution in [3.8, 4) is 11.1 Å². The molecular weight excluding hydrogens is 614 g/mol. The molecule has 0 spiro atoms. The molecule has 3 amide bonds. The van der Waals surface area contributed by atoms with Gasteiger partial charge in [-0.25, -0.2) is 0 Å². The third-order valence-electron chi connectivity index (χ3n) is 7.00. The number of halogens is 1. The minimum atomic E-state index is -0.480. The fourth-order valence-electron chi connectivity index (χ4n) is 4.60.